The van der Waals surface area contributed by atoms with Gasteiger partial charge in [0.1, 0.15) is 5.82 Å². The molecule has 0 aliphatic carbocycles. The Kier molecular flexibility index (Phi) is 4.86. The van der Waals surface area contributed by atoms with Crippen molar-refractivity contribution in [1.29, 1.82) is 0 Å². The number of carbonyl (C=O) groups is 1. The van der Waals surface area contributed by atoms with Crippen LogP contribution in [0.2, 0.25) is 0 Å². The monoisotopic (exact) mass is 321 g/mol. The van der Waals surface area contributed by atoms with Crippen LogP contribution in [0.1, 0.15) is 12.0 Å². The van der Waals surface area contributed by atoms with Gasteiger partial charge in [0, 0.05) is 24.9 Å². The summed E-state index contributed by atoms with van der Waals surface area (Å²) in [4.78, 5) is 20.5. The standard InChI is InChI=1S/C18H19N5O/c19-17-14-8-4-5-9-15(14)22-18(23-17)20-11-10-16(24)21-12-13-6-2-1-3-7-13/h1-9H,10-12H2,(H,21,24)(H3,19,20,22,23). The molecule has 6 heteroatoms. The number of fused-ring (bicyclic) bond motifs is 1. The quantitative estimate of drug-likeness (QED) is 0.648. The summed E-state index contributed by atoms with van der Waals surface area (Å²) in [5.74, 6) is 0.832. The van der Waals surface area contributed by atoms with Gasteiger partial charge >= 0.3 is 0 Å². The van der Waals surface area contributed by atoms with Crippen LogP contribution in [-0.2, 0) is 11.3 Å². The minimum absolute atomic E-state index is 0.0277. The van der Waals surface area contributed by atoms with Gasteiger partial charge in [0.15, 0.2) is 0 Å². The molecule has 2 aromatic carbocycles. The van der Waals surface area contributed by atoms with E-state index in [0.29, 0.717) is 31.3 Å². The highest BCUT2D eigenvalue weighted by Gasteiger charge is 2.05. The number of hydrogen-bond acceptors (Lipinski definition) is 5. The molecule has 0 saturated heterocycles. The van der Waals surface area contributed by atoms with Crippen LogP contribution in [0, 0.1) is 0 Å². The van der Waals surface area contributed by atoms with Gasteiger partial charge in [0.2, 0.25) is 11.9 Å². The van der Waals surface area contributed by atoms with E-state index in [-0.39, 0.29) is 5.91 Å². The molecule has 3 aromatic rings. The number of aromatic nitrogens is 2. The van der Waals surface area contributed by atoms with Crippen molar-refractivity contribution in [2.45, 2.75) is 13.0 Å². The maximum atomic E-state index is 11.9. The van der Waals surface area contributed by atoms with Crippen LogP contribution < -0.4 is 16.4 Å². The predicted octanol–water partition coefficient (Wildman–Crippen LogP) is 2.33. The Hall–Kier alpha value is -3.15. The number of carbonyl (C=O) groups excluding carboxylic acids is 1. The summed E-state index contributed by atoms with van der Waals surface area (Å²) in [5, 5.41) is 6.75. The fourth-order valence-electron chi connectivity index (χ4n) is 2.35. The number of nitrogen functional groups attached to an aromatic ring is 1. The number of hydrogen-bond donors (Lipinski definition) is 3. The highest BCUT2D eigenvalue weighted by molar-refractivity contribution is 5.88. The lowest BCUT2D eigenvalue weighted by Crippen LogP contribution is -2.25. The molecule has 1 aromatic heterocycles. The van der Waals surface area contributed by atoms with Crippen LogP contribution in [0.4, 0.5) is 11.8 Å². The molecule has 0 radical (unpaired) electrons. The van der Waals surface area contributed by atoms with Crippen LogP contribution in [0.5, 0.6) is 0 Å². The number of anilines is 2. The van der Waals surface area contributed by atoms with E-state index < -0.39 is 0 Å². The number of para-hydroxylation sites is 1. The molecule has 1 amide bonds. The lowest BCUT2D eigenvalue weighted by atomic mass is 10.2. The van der Waals surface area contributed by atoms with E-state index in [4.69, 9.17) is 5.73 Å². The zero-order chi connectivity index (χ0) is 16.8. The van der Waals surface area contributed by atoms with Gasteiger partial charge in [-0.15, -0.1) is 0 Å². The highest BCUT2D eigenvalue weighted by Crippen LogP contribution is 2.18. The van der Waals surface area contributed by atoms with Gasteiger partial charge in [-0.05, 0) is 17.7 Å². The van der Waals surface area contributed by atoms with Gasteiger partial charge in [-0.3, -0.25) is 4.79 Å². The third-order valence-corrected chi connectivity index (χ3v) is 3.60. The topological polar surface area (TPSA) is 92.9 Å². The second-order valence-electron chi connectivity index (χ2n) is 5.39. The number of benzene rings is 2. The van der Waals surface area contributed by atoms with Gasteiger partial charge in [0.05, 0.1) is 5.52 Å². The molecule has 0 bridgehead atoms. The van der Waals surface area contributed by atoms with Crippen molar-refractivity contribution in [3.05, 3.63) is 60.2 Å². The summed E-state index contributed by atoms with van der Waals surface area (Å²) >= 11 is 0. The van der Waals surface area contributed by atoms with Crippen molar-refractivity contribution in [3.8, 4) is 0 Å². The van der Waals surface area contributed by atoms with E-state index in [1.54, 1.807) is 0 Å². The number of amides is 1. The molecule has 6 nitrogen and oxygen atoms in total. The normalized spacial score (nSPS) is 10.5. The average Bonchev–Trinajstić information content (AvgIpc) is 2.61. The average molecular weight is 321 g/mol. The predicted molar refractivity (Wildman–Crippen MR) is 95.3 cm³/mol. The van der Waals surface area contributed by atoms with Crippen molar-refractivity contribution in [2.75, 3.05) is 17.6 Å². The van der Waals surface area contributed by atoms with Crippen molar-refractivity contribution in [2.24, 2.45) is 0 Å². The molecule has 0 saturated carbocycles. The first-order valence-corrected chi connectivity index (χ1v) is 7.79. The fraction of sp³-hybridized carbons (Fsp3) is 0.167. The molecule has 0 fully saturated rings. The highest BCUT2D eigenvalue weighted by atomic mass is 16.1. The van der Waals surface area contributed by atoms with E-state index in [2.05, 4.69) is 20.6 Å². The van der Waals surface area contributed by atoms with Crippen molar-refractivity contribution in [3.63, 3.8) is 0 Å². The SMILES string of the molecule is Nc1nc(NCCC(=O)NCc2ccccc2)nc2ccccc12. The van der Waals surface area contributed by atoms with E-state index >= 15 is 0 Å². The van der Waals surface area contributed by atoms with Gasteiger partial charge in [-0.25, -0.2) is 4.98 Å². The summed E-state index contributed by atoms with van der Waals surface area (Å²) in [5.41, 5.74) is 7.78. The minimum atomic E-state index is -0.0277. The molecule has 1 heterocycles. The fourth-order valence-corrected chi connectivity index (χ4v) is 2.35. The summed E-state index contributed by atoms with van der Waals surface area (Å²) in [6.07, 6.45) is 0.336. The Morgan fingerprint density at radius 1 is 1.00 bits per heavy atom. The summed E-state index contributed by atoms with van der Waals surface area (Å²) < 4.78 is 0. The summed E-state index contributed by atoms with van der Waals surface area (Å²) in [7, 11) is 0. The molecular formula is C18H19N5O. The lowest BCUT2D eigenvalue weighted by Gasteiger charge is -2.08. The second-order valence-corrected chi connectivity index (χ2v) is 5.39. The minimum Gasteiger partial charge on any atom is -0.383 e. The largest absolute Gasteiger partial charge is 0.383 e. The van der Waals surface area contributed by atoms with Crippen LogP contribution in [0.3, 0.4) is 0 Å². The third kappa shape index (κ3) is 3.98. The molecule has 0 unspecified atom stereocenters. The van der Waals surface area contributed by atoms with Crippen LogP contribution >= 0.6 is 0 Å². The van der Waals surface area contributed by atoms with E-state index in [1.807, 2.05) is 54.6 Å². The number of nitrogens with zero attached hydrogens (tertiary/aromatic N) is 2. The first kappa shape index (κ1) is 15.7. The third-order valence-electron chi connectivity index (χ3n) is 3.60. The van der Waals surface area contributed by atoms with Gasteiger partial charge in [-0.2, -0.15) is 4.98 Å². The number of nitrogens with two attached hydrogens (primary N) is 1. The zero-order valence-corrected chi connectivity index (χ0v) is 13.2. The Labute approximate surface area is 140 Å². The van der Waals surface area contributed by atoms with Gasteiger partial charge in [-0.1, -0.05) is 42.5 Å². The zero-order valence-electron chi connectivity index (χ0n) is 13.2. The molecule has 0 aliphatic rings. The maximum Gasteiger partial charge on any atom is 0.225 e. The molecule has 4 N–H and O–H groups in total. The van der Waals surface area contributed by atoms with Crippen molar-refractivity contribution in [1.82, 2.24) is 15.3 Å². The van der Waals surface area contributed by atoms with Crippen LogP contribution in [0.25, 0.3) is 10.9 Å². The Balaban J connectivity index is 1.50. The molecule has 3 rings (SSSR count). The van der Waals surface area contributed by atoms with Crippen LogP contribution in [-0.4, -0.2) is 22.4 Å². The molecular weight excluding hydrogens is 302 g/mol. The summed E-state index contributed by atoms with van der Waals surface area (Å²) in [6, 6.07) is 17.4. The van der Waals surface area contributed by atoms with Crippen molar-refractivity contribution < 1.29 is 4.79 Å². The second kappa shape index (κ2) is 7.41. The van der Waals surface area contributed by atoms with Crippen molar-refractivity contribution >= 4 is 28.6 Å². The summed E-state index contributed by atoms with van der Waals surface area (Å²) in [6.45, 7) is 0.970. The molecule has 0 aliphatic heterocycles. The smallest absolute Gasteiger partial charge is 0.225 e. The van der Waals surface area contributed by atoms with E-state index in [0.717, 1.165) is 16.5 Å². The lowest BCUT2D eigenvalue weighted by molar-refractivity contribution is -0.121. The van der Waals surface area contributed by atoms with Gasteiger partial charge < -0.3 is 16.4 Å². The first-order valence-electron chi connectivity index (χ1n) is 7.79. The number of nitrogens with one attached hydrogen (secondary N) is 2. The molecule has 0 spiro atoms. The Morgan fingerprint density at radius 3 is 2.58 bits per heavy atom. The molecule has 122 valence electrons. The van der Waals surface area contributed by atoms with E-state index in [9.17, 15) is 4.79 Å². The van der Waals surface area contributed by atoms with E-state index in [1.165, 1.54) is 0 Å². The first-order chi connectivity index (χ1) is 11.7. The number of rotatable bonds is 6. The maximum absolute atomic E-state index is 11.9. The van der Waals surface area contributed by atoms with Crippen LogP contribution in [0.15, 0.2) is 54.6 Å². The Bertz CT molecular complexity index is 835. The molecule has 0 atom stereocenters. The van der Waals surface area contributed by atoms with Gasteiger partial charge in [0.25, 0.3) is 0 Å². The Morgan fingerprint density at radius 2 is 1.75 bits per heavy atom. The molecule has 24 heavy (non-hydrogen) atoms.